The van der Waals surface area contributed by atoms with E-state index in [2.05, 4.69) is 11.9 Å². The normalized spacial score (nSPS) is 11.3. The summed E-state index contributed by atoms with van der Waals surface area (Å²) in [4.78, 5) is 4.30. The average molecular weight is 203 g/mol. The first kappa shape index (κ1) is 9.22. The number of nitrogens with zero attached hydrogens (tertiary/aromatic N) is 1. The second-order valence-electron chi connectivity index (χ2n) is 3.01. The third-order valence-corrected chi connectivity index (χ3v) is 2.21. The summed E-state index contributed by atoms with van der Waals surface area (Å²) in [5, 5.41) is 1.78. The molecule has 1 radical (unpaired) electrons. The molecule has 0 aliphatic rings. The topological polar surface area (TPSA) is 12.9 Å². The maximum absolute atomic E-state index is 5.89. The van der Waals surface area contributed by atoms with E-state index in [9.17, 15) is 0 Å². The largest absolute Gasteiger partial charge is 0.256 e. The quantitative estimate of drug-likeness (QED) is 0.687. The molecule has 14 heavy (non-hydrogen) atoms. The molecule has 0 amide bonds. The fourth-order valence-electron chi connectivity index (χ4n) is 1.35. The molecule has 0 unspecified atom stereocenters. The summed E-state index contributed by atoms with van der Waals surface area (Å²) in [5.74, 6) is 0. The van der Waals surface area contributed by atoms with Crippen molar-refractivity contribution in [2.75, 3.05) is 0 Å². The van der Waals surface area contributed by atoms with Gasteiger partial charge in [-0.15, -0.1) is 0 Å². The molecule has 2 aromatic rings. The Morgan fingerprint density at radius 2 is 2.14 bits per heavy atom. The van der Waals surface area contributed by atoms with E-state index >= 15 is 0 Å². The standard InChI is InChI=1S/C12H9ClN/c1-2-3-9-6-10-7-11(13)4-5-12(10)14-8-9/h2-8H,1H2. The molecule has 0 aliphatic carbocycles. The fraction of sp³-hybridized carbons (Fsp3) is 0. The van der Waals surface area contributed by atoms with Crippen molar-refractivity contribution in [2.24, 2.45) is 0 Å². The average Bonchev–Trinajstić information content (AvgIpc) is 2.17. The predicted molar refractivity (Wildman–Crippen MR) is 61.1 cm³/mol. The van der Waals surface area contributed by atoms with Crippen LogP contribution in [0.3, 0.4) is 0 Å². The lowest BCUT2D eigenvalue weighted by molar-refractivity contribution is 1.40. The van der Waals surface area contributed by atoms with Crippen LogP contribution < -0.4 is 0 Å². The van der Waals surface area contributed by atoms with Crippen LogP contribution in [0.1, 0.15) is 5.56 Å². The summed E-state index contributed by atoms with van der Waals surface area (Å²) < 4.78 is 0. The lowest BCUT2D eigenvalue weighted by Crippen LogP contribution is -1.80. The number of rotatable bonds is 1. The van der Waals surface area contributed by atoms with E-state index in [0.717, 1.165) is 21.5 Å². The van der Waals surface area contributed by atoms with Crippen LogP contribution in [-0.4, -0.2) is 4.98 Å². The monoisotopic (exact) mass is 202 g/mol. The van der Waals surface area contributed by atoms with Crippen molar-refractivity contribution in [2.45, 2.75) is 0 Å². The van der Waals surface area contributed by atoms with E-state index in [1.807, 2.05) is 36.5 Å². The van der Waals surface area contributed by atoms with Gasteiger partial charge in [0.05, 0.1) is 5.52 Å². The SMILES string of the molecule is [CH2]C=Cc1cnc2ccc(Cl)cc2c1. The molecular formula is C12H9ClN. The van der Waals surface area contributed by atoms with Gasteiger partial charge < -0.3 is 0 Å². The Labute approximate surface area is 88.0 Å². The molecule has 0 atom stereocenters. The van der Waals surface area contributed by atoms with Crippen LogP contribution in [0, 0.1) is 6.92 Å². The molecular weight excluding hydrogens is 194 g/mol. The minimum absolute atomic E-state index is 0.732. The minimum Gasteiger partial charge on any atom is -0.256 e. The highest BCUT2D eigenvalue weighted by atomic mass is 35.5. The highest BCUT2D eigenvalue weighted by molar-refractivity contribution is 6.31. The van der Waals surface area contributed by atoms with Crippen LogP contribution in [0.15, 0.2) is 36.5 Å². The Kier molecular flexibility index (Phi) is 2.51. The third kappa shape index (κ3) is 1.78. The van der Waals surface area contributed by atoms with E-state index in [-0.39, 0.29) is 0 Å². The Balaban J connectivity index is 2.63. The maximum atomic E-state index is 5.89. The molecule has 0 N–H and O–H groups in total. The maximum Gasteiger partial charge on any atom is 0.0703 e. The summed E-state index contributed by atoms with van der Waals surface area (Å²) in [6, 6.07) is 7.70. The first-order chi connectivity index (χ1) is 6.79. The van der Waals surface area contributed by atoms with Gasteiger partial charge in [0.1, 0.15) is 0 Å². The molecule has 1 aromatic heterocycles. The molecule has 1 heterocycles. The van der Waals surface area contributed by atoms with Gasteiger partial charge in [-0.05, 0) is 36.8 Å². The van der Waals surface area contributed by atoms with Crippen LogP contribution in [0.25, 0.3) is 17.0 Å². The van der Waals surface area contributed by atoms with Gasteiger partial charge in [-0.25, -0.2) is 0 Å². The van der Waals surface area contributed by atoms with Crippen molar-refractivity contribution < 1.29 is 0 Å². The molecule has 1 nitrogen and oxygen atoms in total. The number of hydrogen-bond acceptors (Lipinski definition) is 1. The first-order valence-corrected chi connectivity index (χ1v) is 4.68. The second-order valence-corrected chi connectivity index (χ2v) is 3.44. The Morgan fingerprint density at radius 3 is 2.93 bits per heavy atom. The Bertz CT molecular complexity index is 489. The van der Waals surface area contributed by atoms with Crippen LogP contribution in [-0.2, 0) is 0 Å². The van der Waals surface area contributed by atoms with Gasteiger partial charge in [-0.3, -0.25) is 4.98 Å². The number of hydrogen-bond donors (Lipinski definition) is 0. The van der Waals surface area contributed by atoms with Crippen LogP contribution in [0.2, 0.25) is 5.02 Å². The Hall–Kier alpha value is -1.34. The molecule has 0 aliphatic heterocycles. The lowest BCUT2D eigenvalue weighted by Gasteiger charge is -1.99. The molecule has 2 heteroatoms. The van der Waals surface area contributed by atoms with Gasteiger partial charge in [0.25, 0.3) is 0 Å². The van der Waals surface area contributed by atoms with E-state index in [1.54, 1.807) is 6.08 Å². The molecule has 0 fully saturated rings. The van der Waals surface area contributed by atoms with Gasteiger partial charge >= 0.3 is 0 Å². The number of pyridine rings is 1. The van der Waals surface area contributed by atoms with Crippen LogP contribution >= 0.6 is 11.6 Å². The molecule has 0 spiro atoms. The predicted octanol–water partition coefficient (Wildman–Crippen LogP) is 3.74. The molecule has 0 saturated carbocycles. The van der Waals surface area contributed by atoms with Crippen molar-refractivity contribution in [3.8, 4) is 0 Å². The zero-order valence-electron chi connectivity index (χ0n) is 7.57. The van der Waals surface area contributed by atoms with Gasteiger partial charge in [0.2, 0.25) is 0 Å². The zero-order valence-corrected chi connectivity index (χ0v) is 8.33. The smallest absolute Gasteiger partial charge is 0.0703 e. The molecule has 0 saturated heterocycles. The van der Waals surface area contributed by atoms with Crippen LogP contribution in [0.4, 0.5) is 0 Å². The van der Waals surface area contributed by atoms with Crippen molar-refractivity contribution in [1.29, 1.82) is 0 Å². The molecule has 1 aromatic carbocycles. The molecule has 0 bridgehead atoms. The van der Waals surface area contributed by atoms with Gasteiger partial charge in [0.15, 0.2) is 0 Å². The fourth-order valence-corrected chi connectivity index (χ4v) is 1.53. The number of allylic oxidation sites excluding steroid dienone is 1. The highest BCUT2D eigenvalue weighted by Gasteiger charge is 1.96. The third-order valence-electron chi connectivity index (χ3n) is 1.97. The van der Waals surface area contributed by atoms with Crippen molar-refractivity contribution in [3.63, 3.8) is 0 Å². The summed E-state index contributed by atoms with van der Waals surface area (Å²) >= 11 is 5.89. The number of aromatic nitrogens is 1. The Morgan fingerprint density at radius 1 is 1.29 bits per heavy atom. The summed E-state index contributed by atoms with van der Waals surface area (Å²) in [6.45, 7) is 3.64. The highest BCUT2D eigenvalue weighted by Crippen LogP contribution is 2.18. The first-order valence-electron chi connectivity index (χ1n) is 4.31. The number of halogens is 1. The molecule has 69 valence electrons. The van der Waals surface area contributed by atoms with Gasteiger partial charge in [-0.1, -0.05) is 23.8 Å². The van der Waals surface area contributed by atoms with Crippen molar-refractivity contribution in [1.82, 2.24) is 4.98 Å². The number of fused-ring (bicyclic) bond motifs is 1. The molecule has 2 rings (SSSR count). The van der Waals surface area contributed by atoms with E-state index in [0.29, 0.717) is 0 Å². The minimum atomic E-state index is 0.732. The van der Waals surface area contributed by atoms with Crippen molar-refractivity contribution in [3.05, 3.63) is 54.0 Å². The summed E-state index contributed by atoms with van der Waals surface area (Å²) in [6.07, 6.45) is 5.47. The van der Waals surface area contributed by atoms with E-state index in [4.69, 9.17) is 11.6 Å². The van der Waals surface area contributed by atoms with Gasteiger partial charge in [0, 0.05) is 16.6 Å². The lowest BCUT2D eigenvalue weighted by atomic mass is 10.1. The van der Waals surface area contributed by atoms with Crippen LogP contribution in [0.5, 0.6) is 0 Å². The van der Waals surface area contributed by atoms with Crippen molar-refractivity contribution >= 4 is 28.6 Å². The van der Waals surface area contributed by atoms with E-state index < -0.39 is 0 Å². The summed E-state index contributed by atoms with van der Waals surface area (Å²) in [7, 11) is 0. The summed E-state index contributed by atoms with van der Waals surface area (Å²) in [5.41, 5.74) is 1.99. The van der Waals surface area contributed by atoms with Gasteiger partial charge in [-0.2, -0.15) is 0 Å². The van der Waals surface area contributed by atoms with E-state index in [1.165, 1.54) is 0 Å². The second kappa shape index (κ2) is 3.81. The zero-order chi connectivity index (χ0) is 9.97. The number of benzene rings is 1.